The van der Waals surface area contributed by atoms with E-state index in [-0.39, 0.29) is 12.2 Å². The van der Waals surface area contributed by atoms with Gasteiger partial charge in [-0.2, -0.15) is 0 Å². The molecule has 0 amide bonds. The van der Waals surface area contributed by atoms with E-state index in [1.54, 1.807) is 6.92 Å². The number of anilines is 1. The Labute approximate surface area is 111 Å². The molecule has 0 N–H and O–H groups in total. The van der Waals surface area contributed by atoms with Gasteiger partial charge in [0.15, 0.2) is 5.78 Å². The molecule has 1 aromatic heterocycles. The first-order valence-electron chi connectivity index (χ1n) is 6.30. The molecule has 6 nitrogen and oxygen atoms in total. The van der Waals surface area contributed by atoms with Gasteiger partial charge in [0.05, 0.1) is 18.4 Å². The van der Waals surface area contributed by atoms with Gasteiger partial charge in [0, 0.05) is 19.3 Å². The Morgan fingerprint density at radius 1 is 1.37 bits per heavy atom. The summed E-state index contributed by atoms with van der Waals surface area (Å²) in [6, 6.07) is 0. The summed E-state index contributed by atoms with van der Waals surface area (Å²) in [6.45, 7) is 3.66. The van der Waals surface area contributed by atoms with Gasteiger partial charge in [-0.05, 0) is 19.8 Å². The summed E-state index contributed by atoms with van der Waals surface area (Å²) in [4.78, 5) is 33.6. The molecule has 1 aliphatic rings. The molecule has 0 saturated carbocycles. The van der Waals surface area contributed by atoms with Crippen LogP contribution in [0.15, 0.2) is 6.20 Å². The lowest BCUT2D eigenvalue weighted by Gasteiger charge is -2.15. The zero-order valence-corrected chi connectivity index (χ0v) is 11.2. The molecule has 0 unspecified atom stereocenters. The van der Waals surface area contributed by atoms with Crippen molar-refractivity contribution in [3.8, 4) is 0 Å². The molecule has 0 atom stereocenters. The van der Waals surface area contributed by atoms with Crippen LogP contribution in [0.5, 0.6) is 0 Å². The summed E-state index contributed by atoms with van der Waals surface area (Å²) in [7, 11) is 1.26. The van der Waals surface area contributed by atoms with Gasteiger partial charge in [-0.3, -0.25) is 9.59 Å². The molecule has 1 saturated heterocycles. The highest BCUT2D eigenvalue weighted by Crippen LogP contribution is 2.17. The molecular formula is C13H17N3O3. The van der Waals surface area contributed by atoms with Gasteiger partial charge in [-0.15, -0.1) is 0 Å². The van der Waals surface area contributed by atoms with E-state index in [4.69, 9.17) is 0 Å². The number of carbonyl (C=O) groups excluding carboxylic acids is 2. The number of ketones is 1. The number of aryl methyl sites for hydroxylation is 1. The maximum atomic E-state index is 11.9. The normalized spacial score (nSPS) is 14.5. The number of hydrogen-bond donors (Lipinski definition) is 0. The average molecular weight is 263 g/mol. The van der Waals surface area contributed by atoms with Crippen LogP contribution in [0, 0.1) is 6.92 Å². The number of aromatic nitrogens is 2. The van der Waals surface area contributed by atoms with Crippen molar-refractivity contribution in [2.75, 3.05) is 25.1 Å². The second-order valence-corrected chi connectivity index (χ2v) is 4.54. The quantitative estimate of drug-likeness (QED) is 0.460. The first-order chi connectivity index (χ1) is 9.11. The van der Waals surface area contributed by atoms with Gasteiger partial charge in [-0.25, -0.2) is 9.97 Å². The SMILES string of the molecule is COC(=O)CC(=O)c1cnc(N2CCCC2)nc1C. The average Bonchev–Trinajstić information content (AvgIpc) is 2.92. The second kappa shape index (κ2) is 5.77. The molecule has 0 bridgehead atoms. The van der Waals surface area contributed by atoms with Gasteiger partial charge < -0.3 is 9.64 Å². The Hall–Kier alpha value is -1.98. The highest BCUT2D eigenvalue weighted by Gasteiger charge is 2.19. The predicted octanol–water partition coefficient (Wildman–Crippen LogP) is 1.13. The third kappa shape index (κ3) is 3.07. The molecule has 1 aromatic rings. The summed E-state index contributed by atoms with van der Waals surface area (Å²) >= 11 is 0. The standard InChI is InChI=1S/C13H17N3O3/c1-9-10(11(17)7-12(18)19-2)8-14-13(15-9)16-5-3-4-6-16/h8H,3-7H2,1-2H3. The van der Waals surface area contributed by atoms with Crippen LogP contribution in [-0.4, -0.2) is 41.9 Å². The summed E-state index contributed by atoms with van der Waals surface area (Å²) < 4.78 is 4.48. The van der Waals surface area contributed by atoms with Crippen molar-refractivity contribution in [3.05, 3.63) is 17.5 Å². The molecule has 19 heavy (non-hydrogen) atoms. The molecule has 102 valence electrons. The zero-order valence-electron chi connectivity index (χ0n) is 11.2. The van der Waals surface area contributed by atoms with E-state index in [0.29, 0.717) is 17.2 Å². The van der Waals surface area contributed by atoms with Crippen LogP contribution in [0.25, 0.3) is 0 Å². The largest absolute Gasteiger partial charge is 0.469 e. The molecule has 0 spiro atoms. The van der Waals surface area contributed by atoms with Crippen molar-refractivity contribution in [1.29, 1.82) is 0 Å². The van der Waals surface area contributed by atoms with Gasteiger partial charge in [0.1, 0.15) is 6.42 Å². The van der Waals surface area contributed by atoms with Crippen molar-refractivity contribution in [2.45, 2.75) is 26.2 Å². The van der Waals surface area contributed by atoms with E-state index in [1.165, 1.54) is 13.3 Å². The fourth-order valence-corrected chi connectivity index (χ4v) is 2.10. The number of rotatable bonds is 4. The third-order valence-corrected chi connectivity index (χ3v) is 3.19. The van der Waals surface area contributed by atoms with E-state index >= 15 is 0 Å². The van der Waals surface area contributed by atoms with Crippen LogP contribution in [0.1, 0.15) is 35.3 Å². The number of methoxy groups -OCH3 is 1. The zero-order chi connectivity index (χ0) is 13.8. The summed E-state index contributed by atoms with van der Waals surface area (Å²) in [5, 5.41) is 0. The van der Waals surface area contributed by atoms with Crippen LogP contribution < -0.4 is 4.90 Å². The van der Waals surface area contributed by atoms with Gasteiger partial charge in [0.2, 0.25) is 5.95 Å². The maximum absolute atomic E-state index is 11.9. The first-order valence-corrected chi connectivity index (χ1v) is 6.30. The Morgan fingerprint density at radius 2 is 2.05 bits per heavy atom. The minimum absolute atomic E-state index is 0.274. The molecule has 2 heterocycles. The van der Waals surface area contributed by atoms with E-state index in [2.05, 4.69) is 19.6 Å². The maximum Gasteiger partial charge on any atom is 0.313 e. The minimum atomic E-state index is -0.548. The van der Waals surface area contributed by atoms with Gasteiger partial charge in [0.25, 0.3) is 0 Å². The van der Waals surface area contributed by atoms with Crippen molar-refractivity contribution < 1.29 is 14.3 Å². The van der Waals surface area contributed by atoms with E-state index < -0.39 is 5.97 Å². The van der Waals surface area contributed by atoms with Crippen molar-refractivity contribution in [3.63, 3.8) is 0 Å². The smallest absolute Gasteiger partial charge is 0.313 e. The lowest BCUT2D eigenvalue weighted by molar-refractivity contribution is -0.139. The van der Waals surface area contributed by atoms with Gasteiger partial charge >= 0.3 is 5.97 Å². The predicted molar refractivity (Wildman–Crippen MR) is 69.2 cm³/mol. The first kappa shape index (κ1) is 13.5. The second-order valence-electron chi connectivity index (χ2n) is 4.54. The molecule has 6 heteroatoms. The molecule has 1 aliphatic heterocycles. The Kier molecular flexibility index (Phi) is 4.09. The van der Waals surface area contributed by atoms with Crippen LogP contribution in [-0.2, 0) is 9.53 Å². The van der Waals surface area contributed by atoms with E-state index in [0.717, 1.165) is 25.9 Å². The summed E-state index contributed by atoms with van der Waals surface area (Å²) in [5.74, 6) is -0.199. The molecule has 0 radical (unpaired) electrons. The number of nitrogens with zero attached hydrogens (tertiary/aromatic N) is 3. The summed E-state index contributed by atoms with van der Waals surface area (Å²) in [5.41, 5.74) is 0.985. The number of carbonyl (C=O) groups is 2. The van der Waals surface area contributed by atoms with E-state index in [1.807, 2.05) is 0 Å². The summed E-state index contributed by atoms with van der Waals surface area (Å²) in [6.07, 6.45) is 3.52. The highest BCUT2D eigenvalue weighted by molar-refractivity contribution is 6.06. The topological polar surface area (TPSA) is 72.4 Å². The molecule has 2 rings (SSSR count). The molecule has 0 aromatic carbocycles. The monoisotopic (exact) mass is 263 g/mol. The number of esters is 1. The van der Waals surface area contributed by atoms with Crippen LogP contribution in [0.3, 0.4) is 0 Å². The molecular weight excluding hydrogens is 246 g/mol. The highest BCUT2D eigenvalue weighted by atomic mass is 16.5. The van der Waals surface area contributed by atoms with Crippen LogP contribution >= 0.6 is 0 Å². The van der Waals surface area contributed by atoms with Gasteiger partial charge in [-0.1, -0.05) is 0 Å². The number of Topliss-reactive ketones (excluding diaryl/α,β-unsaturated/α-hetero) is 1. The Balaban J connectivity index is 2.14. The fraction of sp³-hybridized carbons (Fsp3) is 0.538. The van der Waals surface area contributed by atoms with Crippen molar-refractivity contribution in [2.24, 2.45) is 0 Å². The lowest BCUT2D eigenvalue weighted by Crippen LogP contribution is -2.21. The minimum Gasteiger partial charge on any atom is -0.469 e. The fourth-order valence-electron chi connectivity index (χ4n) is 2.10. The molecule has 0 aliphatic carbocycles. The number of hydrogen-bond acceptors (Lipinski definition) is 6. The van der Waals surface area contributed by atoms with Crippen LogP contribution in [0.4, 0.5) is 5.95 Å². The van der Waals surface area contributed by atoms with Crippen molar-refractivity contribution in [1.82, 2.24) is 9.97 Å². The third-order valence-electron chi connectivity index (χ3n) is 3.19. The van der Waals surface area contributed by atoms with Crippen molar-refractivity contribution >= 4 is 17.7 Å². The van der Waals surface area contributed by atoms with E-state index in [9.17, 15) is 9.59 Å². The number of ether oxygens (including phenoxy) is 1. The Bertz CT molecular complexity index is 496. The van der Waals surface area contributed by atoms with Crippen LogP contribution in [0.2, 0.25) is 0 Å². The Morgan fingerprint density at radius 3 is 2.63 bits per heavy atom. The lowest BCUT2D eigenvalue weighted by atomic mass is 10.1. The molecule has 1 fully saturated rings.